The first-order valence-corrected chi connectivity index (χ1v) is 9.01. The van der Waals surface area contributed by atoms with Crippen molar-refractivity contribution in [3.05, 3.63) is 23.5 Å². The third kappa shape index (κ3) is 2.23. The van der Waals surface area contributed by atoms with E-state index < -0.39 is 5.41 Å². The van der Waals surface area contributed by atoms with Crippen LogP contribution >= 0.6 is 0 Å². The first kappa shape index (κ1) is 16.8. The quantitative estimate of drug-likeness (QED) is 0.808. The highest BCUT2D eigenvalue weighted by Gasteiger charge is 2.59. The minimum Gasteiger partial charge on any atom is -0.512 e. The number of fused-ring (bicyclic) bond motifs is 3. The molecule has 0 aromatic carbocycles. The average molecular weight is 318 g/mol. The Morgan fingerprint density at radius 2 is 2.00 bits per heavy atom. The van der Waals surface area contributed by atoms with Gasteiger partial charge in [0.25, 0.3) is 0 Å². The molecule has 0 spiro atoms. The molecule has 3 aliphatic carbocycles. The normalized spacial score (nSPS) is 43.6. The Bertz CT molecular complexity index is 573. The zero-order valence-corrected chi connectivity index (χ0v) is 14.8. The summed E-state index contributed by atoms with van der Waals surface area (Å²) in [6, 6.07) is 0. The molecule has 3 aliphatic rings. The van der Waals surface area contributed by atoms with Crippen LogP contribution in [-0.4, -0.2) is 22.6 Å². The van der Waals surface area contributed by atoms with Crippen LogP contribution in [0, 0.1) is 34.5 Å². The zero-order chi connectivity index (χ0) is 17.0. The fraction of sp³-hybridized carbons (Fsp3) is 0.750. The molecule has 23 heavy (non-hydrogen) atoms. The second kappa shape index (κ2) is 5.47. The molecule has 0 aromatic heterocycles. The summed E-state index contributed by atoms with van der Waals surface area (Å²) in [4.78, 5) is 12.5. The van der Waals surface area contributed by atoms with E-state index in [-0.39, 0.29) is 35.6 Å². The monoisotopic (exact) mass is 318 g/mol. The molecule has 3 heteroatoms. The van der Waals surface area contributed by atoms with Gasteiger partial charge in [0.1, 0.15) is 5.78 Å². The minimum atomic E-state index is -0.622. The molecular formula is C20H30O3. The summed E-state index contributed by atoms with van der Waals surface area (Å²) in [5.41, 5.74) is 0.412. The van der Waals surface area contributed by atoms with Crippen LogP contribution in [0.4, 0.5) is 0 Å². The fourth-order valence-electron chi connectivity index (χ4n) is 5.65. The Hall–Kier alpha value is -1.09. The van der Waals surface area contributed by atoms with Crippen LogP contribution in [0.3, 0.4) is 0 Å². The summed E-state index contributed by atoms with van der Waals surface area (Å²) in [7, 11) is 0. The predicted molar refractivity (Wildman–Crippen MR) is 90.9 cm³/mol. The van der Waals surface area contributed by atoms with Gasteiger partial charge in [-0.2, -0.15) is 0 Å². The number of rotatable bonds is 2. The molecule has 3 nitrogen and oxygen atoms in total. The van der Waals surface area contributed by atoms with Gasteiger partial charge in [0.15, 0.2) is 0 Å². The standard InChI is InChI=1S/C20H30O3/c1-12(2)13-5-7-15-14(18(13)23)6-8-16-19(15,3)10-9-17(22)20(16,4)11-21/h5,7,12,14-16,21,23H,6,8-11H2,1-4H3. The van der Waals surface area contributed by atoms with Crippen molar-refractivity contribution >= 4 is 5.78 Å². The Kier molecular flexibility index (Phi) is 3.99. The molecule has 3 rings (SSSR count). The Morgan fingerprint density at radius 1 is 1.30 bits per heavy atom. The van der Waals surface area contributed by atoms with E-state index in [9.17, 15) is 15.0 Å². The number of carbonyl (C=O) groups excluding carboxylic acids is 1. The van der Waals surface area contributed by atoms with E-state index in [2.05, 4.69) is 32.9 Å². The van der Waals surface area contributed by atoms with Gasteiger partial charge in [-0.15, -0.1) is 0 Å². The van der Waals surface area contributed by atoms with Crippen LogP contribution in [0.25, 0.3) is 0 Å². The summed E-state index contributed by atoms with van der Waals surface area (Å²) in [6.45, 7) is 8.38. The van der Waals surface area contributed by atoms with E-state index in [4.69, 9.17) is 0 Å². The molecule has 0 radical (unpaired) electrons. The Labute approximate surface area is 139 Å². The highest BCUT2D eigenvalue weighted by molar-refractivity contribution is 5.86. The van der Waals surface area contributed by atoms with E-state index in [0.717, 1.165) is 24.8 Å². The van der Waals surface area contributed by atoms with Crippen molar-refractivity contribution in [1.82, 2.24) is 0 Å². The molecule has 0 heterocycles. The molecule has 5 unspecified atom stereocenters. The number of aliphatic hydroxyl groups is 2. The van der Waals surface area contributed by atoms with E-state index in [1.54, 1.807) is 0 Å². The highest BCUT2D eigenvalue weighted by atomic mass is 16.3. The molecule has 2 N–H and O–H groups in total. The van der Waals surface area contributed by atoms with Crippen molar-refractivity contribution < 1.29 is 15.0 Å². The molecule has 128 valence electrons. The van der Waals surface area contributed by atoms with Crippen LogP contribution in [0.1, 0.15) is 53.4 Å². The maximum Gasteiger partial charge on any atom is 0.141 e. The SMILES string of the molecule is CC(C)C1=C(O)C2CCC3C(C)(CO)C(=O)CCC3(C)C2C=C1. The fourth-order valence-corrected chi connectivity index (χ4v) is 5.65. The lowest BCUT2D eigenvalue weighted by Gasteiger charge is -2.58. The summed E-state index contributed by atoms with van der Waals surface area (Å²) < 4.78 is 0. The Balaban J connectivity index is 2.00. The number of carbonyl (C=O) groups is 1. The minimum absolute atomic E-state index is 0.0265. The lowest BCUT2D eigenvalue weighted by molar-refractivity contribution is -0.155. The molecule has 2 saturated carbocycles. The number of ketones is 1. The van der Waals surface area contributed by atoms with Crippen LogP contribution in [-0.2, 0) is 4.79 Å². The average Bonchev–Trinajstić information content (AvgIpc) is 2.51. The van der Waals surface area contributed by atoms with Gasteiger partial charge < -0.3 is 10.2 Å². The lowest BCUT2D eigenvalue weighted by Crippen LogP contribution is -2.57. The van der Waals surface area contributed by atoms with Crippen molar-refractivity contribution in [2.45, 2.75) is 53.4 Å². The number of hydrogen-bond donors (Lipinski definition) is 2. The molecule has 5 atom stereocenters. The summed E-state index contributed by atoms with van der Waals surface area (Å²) in [5, 5.41) is 20.7. The summed E-state index contributed by atoms with van der Waals surface area (Å²) in [5.74, 6) is 1.74. The van der Waals surface area contributed by atoms with Crippen LogP contribution in [0.2, 0.25) is 0 Å². The van der Waals surface area contributed by atoms with E-state index in [1.165, 1.54) is 0 Å². The molecule has 2 fully saturated rings. The van der Waals surface area contributed by atoms with E-state index in [0.29, 0.717) is 18.1 Å². The second-order valence-electron chi connectivity index (χ2n) is 8.62. The number of aliphatic hydroxyl groups excluding tert-OH is 2. The van der Waals surface area contributed by atoms with Crippen molar-refractivity contribution in [2.24, 2.45) is 34.5 Å². The van der Waals surface area contributed by atoms with Crippen molar-refractivity contribution in [3.63, 3.8) is 0 Å². The number of hydrogen-bond acceptors (Lipinski definition) is 3. The molecule has 0 amide bonds. The van der Waals surface area contributed by atoms with Crippen LogP contribution in [0.15, 0.2) is 23.5 Å². The molecule has 0 aliphatic heterocycles. The van der Waals surface area contributed by atoms with Gasteiger partial charge in [-0.25, -0.2) is 0 Å². The molecule has 0 saturated heterocycles. The third-order valence-electron chi connectivity index (χ3n) is 7.13. The van der Waals surface area contributed by atoms with Crippen molar-refractivity contribution in [1.29, 1.82) is 0 Å². The van der Waals surface area contributed by atoms with Crippen LogP contribution in [0.5, 0.6) is 0 Å². The molecule has 0 bridgehead atoms. The highest BCUT2D eigenvalue weighted by Crippen LogP contribution is 2.62. The summed E-state index contributed by atoms with van der Waals surface area (Å²) in [6.07, 6.45) is 7.59. The summed E-state index contributed by atoms with van der Waals surface area (Å²) >= 11 is 0. The third-order valence-corrected chi connectivity index (χ3v) is 7.13. The Morgan fingerprint density at radius 3 is 2.61 bits per heavy atom. The molecule has 0 aromatic rings. The van der Waals surface area contributed by atoms with Crippen LogP contribution < -0.4 is 0 Å². The van der Waals surface area contributed by atoms with E-state index >= 15 is 0 Å². The van der Waals surface area contributed by atoms with Gasteiger partial charge in [-0.3, -0.25) is 4.79 Å². The largest absolute Gasteiger partial charge is 0.512 e. The maximum absolute atomic E-state index is 12.5. The van der Waals surface area contributed by atoms with Gasteiger partial charge >= 0.3 is 0 Å². The maximum atomic E-state index is 12.5. The lowest BCUT2D eigenvalue weighted by atomic mass is 9.45. The van der Waals surface area contributed by atoms with Gasteiger partial charge in [0.05, 0.1) is 17.8 Å². The van der Waals surface area contributed by atoms with Crippen molar-refractivity contribution in [2.75, 3.05) is 6.61 Å². The van der Waals surface area contributed by atoms with Gasteiger partial charge in [-0.05, 0) is 48.0 Å². The van der Waals surface area contributed by atoms with Crippen molar-refractivity contribution in [3.8, 4) is 0 Å². The van der Waals surface area contributed by atoms with Gasteiger partial charge in [0.2, 0.25) is 0 Å². The zero-order valence-electron chi connectivity index (χ0n) is 14.8. The van der Waals surface area contributed by atoms with Gasteiger partial charge in [-0.1, -0.05) is 39.8 Å². The first-order chi connectivity index (χ1) is 10.8. The molecular weight excluding hydrogens is 288 g/mol. The topological polar surface area (TPSA) is 57.5 Å². The smallest absolute Gasteiger partial charge is 0.141 e. The second-order valence-corrected chi connectivity index (χ2v) is 8.62. The first-order valence-electron chi connectivity index (χ1n) is 9.01. The van der Waals surface area contributed by atoms with E-state index in [1.807, 2.05) is 6.92 Å². The number of allylic oxidation sites excluding steroid dienone is 4. The van der Waals surface area contributed by atoms with Gasteiger partial charge in [0, 0.05) is 12.3 Å². The predicted octanol–water partition coefficient (Wildman–Crippen LogP) is 4.03. The number of Topliss-reactive ketones (excluding diaryl/α,β-unsaturated/α-hetero) is 1.